The predicted octanol–water partition coefficient (Wildman–Crippen LogP) is 4.02. The van der Waals surface area contributed by atoms with E-state index in [0.717, 1.165) is 12.3 Å². The molecule has 0 aromatic heterocycles. The van der Waals surface area contributed by atoms with Crippen molar-refractivity contribution >= 4 is 11.8 Å². The van der Waals surface area contributed by atoms with Crippen LogP contribution in [0.15, 0.2) is 47.4 Å². The first-order valence-electron chi connectivity index (χ1n) is 6.21. The molecule has 0 fully saturated rings. The second-order valence-electron chi connectivity index (χ2n) is 4.48. The Morgan fingerprint density at radius 3 is 2.39 bits per heavy atom. The lowest BCUT2D eigenvalue weighted by Crippen LogP contribution is -2.00. The van der Waals surface area contributed by atoms with Crippen LogP contribution in [0, 0.1) is 13.8 Å². The second-order valence-corrected chi connectivity index (χ2v) is 5.65. The maximum absolute atomic E-state index is 5.51. The van der Waals surface area contributed by atoms with E-state index < -0.39 is 0 Å². The minimum atomic E-state index is 0.726. The summed E-state index contributed by atoms with van der Waals surface area (Å²) in [6.07, 6.45) is 0. The first-order valence-corrected chi connectivity index (χ1v) is 7.20. The number of rotatable bonds is 4. The summed E-state index contributed by atoms with van der Waals surface area (Å²) in [7, 11) is 0. The Morgan fingerprint density at radius 2 is 1.72 bits per heavy atom. The SMILES string of the molecule is Cc1ccc(C)c(-c2ccc(SCCN)cc2)c1. The topological polar surface area (TPSA) is 26.0 Å². The van der Waals surface area contributed by atoms with Gasteiger partial charge in [0.15, 0.2) is 0 Å². The summed E-state index contributed by atoms with van der Waals surface area (Å²) in [6, 6.07) is 15.3. The summed E-state index contributed by atoms with van der Waals surface area (Å²) in [4.78, 5) is 1.29. The van der Waals surface area contributed by atoms with E-state index in [0.29, 0.717) is 0 Å². The van der Waals surface area contributed by atoms with Gasteiger partial charge in [-0.25, -0.2) is 0 Å². The molecule has 2 heteroatoms. The van der Waals surface area contributed by atoms with Crippen molar-refractivity contribution in [3.05, 3.63) is 53.6 Å². The molecule has 1 nitrogen and oxygen atoms in total. The Kier molecular flexibility index (Phi) is 4.45. The summed E-state index contributed by atoms with van der Waals surface area (Å²) < 4.78 is 0. The molecule has 0 radical (unpaired) electrons. The van der Waals surface area contributed by atoms with Gasteiger partial charge < -0.3 is 5.73 Å². The minimum absolute atomic E-state index is 0.726. The largest absolute Gasteiger partial charge is 0.330 e. The van der Waals surface area contributed by atoms with Crippen molar-refractivity contribution < 1.29 is 0 Å². The Hall–Kier alpha value is -1.25. The third kappa shape index (κ3) is 3.15. The summed E-state index contributed by atoms with van der Waals surface area (Å²) in [5, 5.41) is 0. The highest BCUT2D eigenvalue weighted by atomic mass is 32.2. The van der Waals surface area contributed by atoms with Crippen molar-refractivity contribution in [3.63, 3.8) is 0 Å². The third-order valence-electron chi connectivity index (χ3n) is 2.94. The normalized spacial score (nSPS) is 10.6. The van der Waals surface area contributed by atoms with Crippen LogP contribution in [-0.4, -0.2) is 12.3 Å². The van der Waals surface area contributed by atoms with Gasteiger partial charge in [0, 0.05) is 17.2 Å². The summed E-state index contributed by atoms with van der Waals surface area (Å²) in [6.45, 7) is 5.02. The molecule has 2 aromatic rings. The average molecular weight is 257 g/mol. The molecular formula is C16H19NS. The molecule has 0 bridgehead atoms. The highest BCUT2D eigenvalue weighted by Gasteiger charge is 2.02. The lowest BCUT2D eigenvalue weighted by Gasteiger charge is -2.08. The summed E-state index contributed by atoms with van der Waals surface area (Å²) in [5.41, 5.74) is 10.7. The number of hydrogen-bond acceptors (Lipinski definition) is 2. The zero-order valence-electron chi connectivity index (χ0n) is 10.9. The standard InChI is InChI=1S/C16H19NS/c1-12-3-4-13(2)16(11-12)14-5-7-15(8-6-14)18-10-9-17/h3-8,11H,9-10,17H2,1-2H3. The Morgan fingerprint density at radius 1 is 1.00 bits per heavy atom. The average Bonchev–Trinajstić information content (AvgIpc) is 2.40. The van der Waals surface area contributed by atoms with Crippen LogP contribution in [0.25, 0.3) is 11.1 Å². The molecular weight excluding hydrogens is 238 g/mol. The zero-order valence-corrected chi connectivity index (χ0v) is 11.8. The molecule has 0 spiro atoms. The molecule has 0 aliphatic carbocycles. The van der Waals surface area contributed by atoms with Crippen molar-refractivity contribution in [2.75, 3.05) is 12.3 Å². The quantitative estimate of drug-likeness (QED) is 0.837. The number of nitrogens with two attached hydrogens (primary N) is 1. The molecule has 0 aliphatic rings. The van der Waals surface area contributed by atoms with Crippen LogP contribution in [0.5, 0.6) is 0 Å². The molecule has 0 saturated carbocycles. The molecule has 0 aliphatic heterocycles. The van der Waals surface area contributed by atoms with Gasteiger partial charge in [-0.15, -0.1) is 11.8 Å². The number of aryl methyl sites for hydroxylation is 2. The Bertz CT molecular complexity index is 517. The highest BCUT2D eigenvalue weighted by molar-refractivity contribution is 7.99. The molecule has 0 heterocycles. The van der Waals surface area contributed by atoms with Crippen LogP contribution in [-0.2, 0) is 0 Å². The van der Waals surface area contributed by atoms with Crippen LogP contribution in [0.1, 0.15) is 11.1 Å². The smallest absolute Gasteiger partial charge is 0.0103 e. The van der Waals surface area contributed by atoms with Crippen molar-refractivity contribution in [3.8, 4) is 11.1 Å². The van der Waals surface area contributed by atoms with Gasteiger partial charge in [0.2, 0.25) is 0 Å². The van der Waals surface area contributed by atoms with E-state index in [1.807, 2.05) is 0 Å². The minimum Gasteiger partial charge on any atom is -0.330 e. The van der Waals surface area contributed by atoms with E-state index in [1.165, 1.54) is 27.1 Å². The van der Waals surface area contributed by atoms with E-state index in [1.54, 1.807) is 11.8 Å². The van der Waals surface area contributed by atoms with Crippen molar-refractivity contribution in [1.82, 2.24) is 0 Å². The lowest BCUT2D eigenvalue weighted by molar-refractivity contribution is 1.15. The first kappa shape index (κ1) is 13.2. The third-order valence-corrected chi connectivity index (χ3v) is 3.99. The number of benzene rings is 2. The fraction of sp³-hybridized carbons (Fsp3) is 0.250. The van der Waals surface area contributed by atoms with Crippen LogP contribution in [0.4, 0.5) is 0 Å². The van der Waals surface area contributed by atoms with Crippen LogP contribution >= 0.6 is 11.8 Å². The molecule has 2 N–H and O–H groups in total. The van der Waals surface area contributed by atoms with E-state index >= 15 is 0 Å². The van der Waals surface area contributed by atoms with Crippen molar-refractivity contribution in [2.45, 2.75) is 18.7 Å². The zero-order chi connectivity index (χ0) is 13.0. The van der Waals surface area contributed by atoms with Gasteiger partial charge in [0.05, 0.1) is 0 Å². The van der Waals surface area contributed by atoms with Gasteiger partial charge in [-0.3, -0.25) is 0 Å². The fourth-order valence-electron chi connectivity index (χ4n) is 1.95. The lowest BCUT2D eigenvalue weighted by atomic mass is 9.99. The van der Waals surface area contributed by atoms with Gasteiger partial charge >= 0.3 is 0 Å². The maximum Gasteiger partial charge on any atom is 0.0103 e. The molecule has 94 valence electrons. The fourth-order valence-corrected chi connectivity index (χ4v) is 2.64. The predicted molar refractivity (Wildman–Crippen MR) is 81.1 cm³/mol. The molecule has 2 aromatic carbocycles. The Balaban J connectivity index is 2.25. The maximum atomic E-state index is 5.51. The van der Waals surface area contributed by atoms with Gasteiger partial charge in [0.25, 0.3) is 0 Å². The molecule has 0 saturated heterocycles. The molecule has 0 atom stereocenters. The number of hydrogen-bond donors (Lipinski definition) is 1. The summed E-state index contributed by atoms with van der Waals surface area (Å²) in [5.74, 6) is 0.975. The molecule has 0 amide bonds. The van der Waals surface area contributed by atoms with E-state index in [2.05, 4.69) is 56.3 Å². The van der Waals surface area contributed by atoms with E-state index in [9.17, 15) is 0 Å². The highest BCUT2D eigenvalue weighted by Crippen LogP contribution is 2.27. The van der Waals surface area contributed by atoms with Crippen molar-refractivity contribution in [2.24, 2.45) is 5.73 Å². The molecule has 0 unspecified atom stereocenters. The summed E-state index contributed by atoms with van der Waals surface area (Å²) >= 11 is 1.81. The van der Waals surface area contributed by atoms with Crippen LogP contribution in [0.3, 0.4) is 0 Å². The monoisotopic (exact) mass is 257 g/mol. The van der Waals surface area contributed by atoms with E-state index in [-0.39, 0.29) is 0 Å². The first-order chi connectivity index (χ1) is 8.70. The van der Waals surface area contributed by atoms with Crippen LogP contribution in [0.2, 0.25) is 0 Å². The van der Waals surface area contributed by atoms with Gasteiger partial charge in [-0.05, 0) is 42.7 Å². The Labute approximate surface area is 113 Å². The van der Waals surface area contributed by atoms with Gasteiger partial charge in [-0.1, -0.05) is 35.9 Å². The van der Waals surface area contributed by atoms with E-state index in [4.69, 9.17) is 5.73 Å². The second kappa shape index (κ2) is 6.07. The van der Waals surface area contributed by atoms with Crippen molar-refractivity contribution in [1.29, 1.82) is 0 Å². The molecule has 2 rings (SSSR count). The number of thioether (sulfide) groups is 1. The van der Waals surface area contributed by atoms with Gasteiger partial charge in [0.1, 0.15) is 0 Å². The van der Waals surface area contributed by atoms with Gasteiger partial charge in [-0.2, -0.15) is 0 Å². The van der Waals surface area contributed by atoms with Crippen LogP contribution < -0.4 is 5.73 Å². The molecule has 18 heavy (non-hydrogen) atoms.